The van der Waals surface area contributed by atoms with Crippen LogP contribution in [-0.2, 0) is 9.47 Å². The molecule has 1 aliphatic carbocycles. The predicted molar refractivity (Wildman–Crippen MR) is 154 cm³/mol. The third kappa shape index (κ3) is 9.20. The summed E-state index contributed by atoms with van der Waals surface area (Å²) in [6.07, 6.45) is 2.42. The second kappa shape index (κ2) is 14.1. The smallest absolute Gasteiger partial charge is 0.409 e. The van der Waals surface area contributed by atoms with E-state index in [1.807, 2.05) is 0 Å². The van der Waals surface area contributed by atoms with E-state index in [4.69, 9.17) is 18.6 Å². The van der Waals surface area contributed by atoms with Gasteiger partial charge in [-0.3, -0.25) is 4.79 Å². The molecule has 2 aromatic rings. The summed E-state index contributed by atoms with van der Waals surface area (Å²) in [6, 6.07) is 3.43. The van der Waals surface area contributed by atoms with Crippen LogP contribution in [0.4, 0.5) is 18.4 Å². The van der Waals surface area contributed by atoms with Crippen LogP contribution >= 0.6 is 0 Å². The van der Waals surface area contributed by atoms with E-state index < -0.39 is 36.3 Å². The Kier molecular flexibility index (Phi) is 10.5. The molecule has 1 saturated carbocycles. The van der Waals surface area contributed by atoms with E-state index in [9.17, 15) is 23.2 Å². The zero-order valence-electron chi connectivity index (χ0n) is 25.6. The van der Waals surface area contributed by atoms with Gasteiger partial charge in [-0.25, -0.2) is 14.6 Å². The van der Waals surface area contributed by atoms with Crippen LogP contribution in [-0.4, -0.2) is 73.5 Å². The number of ether oxygens (including phenoxy) is 4. The molecule has 1 unspecified atom stereocenters. The Bertz CT molecular complexity index is 1320. The molecule has 44 heavy (non-hydrogen) atoms. The molecule has 4 rings (SSSR count). The van der Waals surface area contributed by atoms with E-state index in [1.54, 1.807) is 32.6 Å². The topological polar surface area (TPSA) is 141 Å². The van der Waals surface area contributed by atoms with Crippen LogP contribution in [0, 0.1) is 11.8 Å². The largest absolute Gasteiger partial charge is 0.489 e. The highest BCUT2D eigenvalue weighted by atomic mass is 19.3. The molecule has 2 N–H and O–H groups in total. The zero-order valence-corrected chi connectivity index (χ0v) is 25.6. The summed E-state index contributed by atoms with van der Waals surface area (Å²) in [5.41, 5.74) is -0.478. The van der Waals surface area contributed by atoms with Gasteiger partial charge in [-0.1, -0.05) is 0 Å². The van der Waals surface area contributed by atoms with Crippen LogP contribution in [0.3, 0.4) is 0 Å². The molecule has 0 radical (unpaired) electrons. The number of nitrogens with one attached hydrogen (secondary N) is 2. The SMILES string of the molecule is COC(=O)N1CCCC(CNC(=O)c2nc(-c3ccc(OC(F)F)c(OCC4CC4)c3)oc2[C@H](C)NC(=O)OC(C)(C)C)C1. The first-order valence-electron chi connectivity index (χ1n) is 14.7. The van der Waals surface area contributed by atoms with E-state index in [-0.39, 0.29) is 41.3 Å². The number of amides is 3. The normalized spacial score (nSPS) is 17.5. The maximum atomic E-state index is 13.5. The van der Waals surface area contributed by atoms with Crippen LogP contribution in [0.15, 0.2) is 22.6 Å². The Labute approximate surface area is 254 Å². The highest BCUT2D eigenvalue weighted by Crippen LogP contribution is 2.37. The molecule has 0 spiro atoms. The fourth-order valence-corrected chi connectivity index (χ4v) is 4.75. The van der Waals surface area contributed by atoms with Gasteiger partial charge >= 0.3 is 18.8 Å². The number of carbonyl (C=O) groups is 3. The second-order valence-electron chi connectivity index (χ2n) is 12.0. The molecule has 242 valence electrons. The van der Waals surface area contributed by atoms with Crippen LogP contribution in [0.25, 0.3) is 11.5 Å². The number of aromatic nitrogens is 1. The molecule has 0 bridgehead atoms. The summed E-state index contributed by atoms with van der Waals surface area (Å²) in [6.45, 7) is 5.35. The summed E-state index contributed by atoms with van der Waals surface area (Å²) in [5, 5.41) is 5.53. The maximum Gasteiger partial charge on any atom is 0.409 e. The summed E-state index contributed by atoms with van der Waals surface area (Å²) < 4.78 is 52.7. The minimum absolute atomic E-state index is 0.00696. The van der Waals surface area contributed by atoms with Crippen LogP contribution in [0.2, 0.25) is 0 Å². The molecule has 2 fully saturated rings. The average Bonchev–Trinajstić information content (AvgIpc) is 3.68. The minimum Gasteiger partial charge on any atom is -0.489 e. The first kappa shape index (κ1) is 32.8. The Morgan fingerprint density at radius 3 is 2.55 bits per heavy atom. The summed E-state index contributed by atoms with van der Waals surface area (Å²) in [5.74, 6) is -0.173. The Morgan fingerprint density at radius 2 is 1.89 bits per heavy atom. The van der Waals surface area contributed by atoms with Crippen molar-refractivity contribution in [2.24, 2.45) is 11.8 Å². The van der Waals surface area contributed by atoms with Crippen LogP contribution in [0.5, 0.6) is 11.5 Å². The van der Waals surface area contributed by atoms with Crippen molar-refractivity contribution in [1.29, 1.82) is 0 Å². The van der Waals surface area contributed by atoms with Gasteiger partial charge in [-0.05, 0) is 83.4 Å². The maximum absolute atomic E-state index is 13.5. The number of hydrogen-bond acceptors (Lipinski definition) is 9. The predicted octanol–water partition coefficient (Wildman–Crippen LogP) is 5.53. The standard InChI is InChI=1S/C30H40F2N4O8/c1-17(34-28(38)44-30(2,3)4)24-23(25(37)33-14-19-7-6-12-36(15-19)29(39)40-5)35-26(43-24)20-10-11-21(42-27(31)32)22(13-20)41-16-18-8-9-18/h10-11,13,17-19,27H,6-9,12,14-16H2,1-5H3,(H,33,37)(H,34,38)/t17-,19?/m0/s1. The van der Waals surface area contributed by atoms with Crippen LogP contribution in [0.1, 0.15) is 75.7 Å². The van der Waals surface area contributed by atoms with Gasteiger partial charge in [0.1, 0.15) is 5.60 Å². The summed E-state index contributed by atoms with van der Waals surface area (Å²) in [4.78, 5) is 44.0. The van der Waals surface area contributed by atoms with Crippen LogP contribution < -0.4 is 20.1 Å². The number of likely N-dealkylation sites (tertiary alicyclic amines) is 1. The highest BCUT2D eigenvalue weighted by molar-refractivity contribution is 5.94. The van der Waals surface area contributed by atoms with Gasteiger partial charge in [-0.15, -0.1) is 0 Å². The van der Waals surface area contributed by atoms with Crippen molar-refractivity contribution in [2.75, 3.05) is 33.4 Å². The Balaban J connectivity index is 1.58. The number of rotatable bonds is 11. The van der Waals surface area contributed by atoms with E-state index in [0.29, 0.717) is 31.2 Å². The summed E-state index contributed by atoms with van der Waals surface area (Å²) in [7, 11) is 1.32. The van der Waals surface area contributed by atoms with Crippen molar-refractivity contribution in [3.63, 3.8) is 0 Å². The monoisotopic (exact) mass is 622 g/mol. The van der Waals surface area contributed by atoms with Gasteiger partial charge in [0.15, 0.2) is 23.0 Å². The fourth-order valence-electron chi connectivity index (χ4n) is 4.75. The van der Waals surface area contributed by atoms with Crippen molar-refractivity contribution in [3.8, 4) is 23.0 Å². The minimum atomic E-state index is -3.04. The molecule has 14 heteroatoms. The van der Waals surface area contributed by atoms with E-state index in [2.05, 4.69) is 20.4 Å². The molecule has 2 heterocycles. The first-order chi connectivity index (χ1) is 20.8. The molecule has 1 aromatic heterocycles. The number of halogens is 2. The number of alkyl carbamates (subject to hydrolysis) is 1. The number of methoxy groups -OCH3 is 1. The van der Waals surface area contributed by atoms with Crippen molar-refractivity contribution in [3.05, 3.63) is 29.7 Å². The first-order valence-corrected chi connectivity index (χ1v) is 14.7. The molecule has 1 aliphatic heterocycles. The molecule has 1 aromatic carbocycles. The number of oxazole rings is 1. The Morgan fingerprint density at radius 1 is 1.14 bits per heavy atom. The van der Waals surface area contributed by atoms with Gasteiger partial charge < -0.3 is 38.9 Å². The van der Waals surface area contributed by atoms with Gasteiger partial charge in [0.25, 0.3) is 5.91 Å². The molecule has 2 aliphatic rings. The third-order valence-electron chi connectivity index (χ3n) is 7.08. The molecule has 1 saturated heterocycles. The van der Waals surface area contributed by atoms with Crippen molar-refractivity contribution < 1.29 is 46.5 Å². The van der Waals surface area contributed by atoms with Crippen molar-refractivity contribution >= 4 is 18.1 Å². The number of hydrogen-bond donors (Lipinski definition) is 2. The zero-order chi connectivity index (χ0) is 32.0. The number of nitrogens with zero attached hydrogens (tertiary/aromatic N) is 2. The molecule has 2 atom stereocenters. The molecule has 12 nitrogen and oxygen atoms in total. The van der Waals surface area contributed by atoms with Crippen molar-refractivity contribution in [1.82, 2.24) is 20.5 Å². The molecule has 3 amide bonds. The second-order valence-corrected chi connectivity index (χ2v) is 12.0. The fraction of sp³-hybridized carbons (Fsp3) is 0.600. The van der Waals surface area contributed by atoms with Gasteiger partial charge in [0, 0.05) is 25.2 Å². The quantitative estimate of drug-likeness (QED) is 0.331. The van der Waals surface area contributed by atoms with E-state index in [1.165, 1.54) is 25.3 Å². The lowest BCUT2D eigenvalue weighted by molar-refractivity contribution is -0.0515. The molecular weight excluding hydrogens is 582 g/mol. The van der Waals surface area contributed by atoms with E-state index >= 15 is 0 Å². The Hall–Kier alpha value is -4.10. The third-order valence-corrected chi connectivity index (χ3v) is 7.08. The number of carbonyl (C=O) groups excluding carboxylic acids is 3. The molecular formula is C30H40F2N4O8. The number of piperidine rings is 1. The van der Waals surface area contributed by atoms with Gasteiger partial charge in [-0.2, -0.15) is 8.78 Å². The lowest BCUT2D eigenvalue weighted by Crippen LogP contribution is -2.43. The lowest BCUT2D eigenvalue weighted by atomic mass is 9.98. The van der Waals surface area contributed by atoms with Crippen molar-refractivity contribution in [2.45, 2.75) is 71.6 Å². The summed E-state index contributed by atoms with van der Waals surface area (Å²) >= 11 is 0. The number of alkyl halides is 2. The van der Waals surface area contributed by atoms with Gasteiger partial charge in [0.05, 0.1) is 19.8 Å². The van der Waals surface area contributed by atoms with E-state index in [0.717, 1.165) is 25.7 Å². The lowest BCUT2D eigenvalue weighted by Gasteiger charge is -2.31. The highest BCUT2D eigenvalue weighted by Gasteiger charge is 2.30. The van der Waals surface area contributed by atoms with Gasteiger partial charge in [0.2, 0.25) is 5.89 Å². The average molecular weight is 623 g/mol. The number of benzene rings is 1.